The van der Waals surface area contributed by atoms with Crippen LogP contribution in [-0.4, -0.2) is 34.9 Å². The van der Waals surface area contributed by atoms with Crippen LogP contribution in [0.15, 0.2) is 42.5 Å². The first-order valence-corrected chi connectivity index (χ1v) is 7.55. The Balaban J connectivity index is 2.42. The third-order valence-electron chi connectivity index (χ3n) is 3.11. The summed E-state index contributed by atoms with van der Waals surface area (Å²) in [4.78, 5) is 23.4. The van der Waals surface area contributed by atoms with Gasteiger partial charge < -0.3 is 20.7 Å². The van der Waals surface area contributed by atoms with Gasteiger partial charge in [-0.1, -0.05) is 44.2 Å². The van der Waals surface area contributed by atoms with Crippen molar-refractivity contribution < 1.29 is 19.6 Å². The molecule has 1 rings (SSSR count). The second-order valence-corrected chi connectivity index (χ2v) is 5.69. The van der Waals surface area contributed by atoms with Gasteiger partial charge >= 0.3 is 7.12 Å². The van der Waals surface area contributed by atoms with Crippen molar-refractivity contribution in [3.8, 4) is 0 Å². The Hall–Kier alpha value is -2.12. The van der Waals surface area contributed by atoms with Crippen molar-refractivity contribution in [1.82, 2.24) is 10.6 Å². The Kier molecular flexibility index (Phi) is 8.08. The first-order valence-electron chi connectivity index (χ1n) is 7.55. The van der Waals surface area contributed by atoms with E-state index in [0.717, 1.165) is 17.7 Å². The topological polar surface area (TPSA) is 98.7 Å². The molecule has 0 fully saturated rings. The van der Waals surface area contributed by atoms with Gasteiger partial charge in [0.1, 0.15) is 0 Å². The maximum absolute atomic E-state index is 11.7. The summed E-state index contributed by atoms with van der Waals surface area (Å²) >= 11 is 0. The number of hydrogen-bond acceptors (Lipinski definition) is 4. The summed E-state index contributed by atoms with van der Waals surface area (Å²) in [5.74, 6) is -1.51. The van der Waals surface area contributed by atoms with Crippen LogP contribution in [0, 0.1) is 5.92 Å². The zero-order chi connectivity index (χ0) is 17.2. The van der Waals surface area contributed by atoms with E-state index in [1.165, 1.54) is 0 Å². The molecule has 4 N–H and O–H groups in total. The molecule has 0 saturated heterocycles. The normalized spacial score (nSPS) is 12.2. The Morgan fingerprint density at radius 2 is 1.74 bits per heavy atom. The standard InChI is InChI=1S/C16H23BN2O4/c1-12(2)10-14(17(22)23)19-16(21)9-8-15(20)18-11-13-6-4-3-5-7-13/h3-9,12,14,22-23H,10-11H2,1-2H3,(H,18,20)(H,19,21)/b9-8+/t14-/m0/s1. The zero-order valence-corrected chi connectivity index (χ0v) is 13.4. The van der Waals surface area contributed by atoms with Gasteiger partial charge in [-0.05, 0) is 17.9 Å². The van der Waals surface area contributed by atoms with Gasteiger partial charge in [0.2, 0.25) is 11.8 Å². The van der Waals surface area contributed by atoms with Gasteiger partial charge in [-0.3, -0.25) is 9.59 Å². The third kappa shape index (κ3) is 8.18. The molecule has 0 aliphatic heterocycles. The molecular formula is C16H23BN2O4. The van der Waals surface area contributed by atoms with Gasteiger partial charge in [0.25, 0.3) is 0 Å². The second-order valence-electron chi connectivity index (χ2n) is 5.69. The average molecular weight is 318 g/mol. The van der Waals surface area contributed by atoms with Crippen molar-refractivity contribution in [3.63, 3.8) is 0 Å². The minimum atomic E-state index is -1.64. The van der Waals surface area contributed by atoms with Gasteiger partial charge in [-0.25, -0.2) is 0 Å². The fourth-order valence-corrected chi connectivity index (χ4v) is 1.99. The molecule has 0 spiro atoms. The van der Waals surface area contributed by atoms with E-state index in [1.54, 1.807) is 0 Å². The Morgan fingerprint density at radius 1 is 1.13 bits per heavy atom. The third-order valence-corrected chi connectivity index (χ3v) is 3.11. The van der Waals surface area contributed by atoms with Crippen molar-refractivity contribution in [1.29, 1.82) is 0 Å². The monoisotopic (exact) mass is 318 g/mol. The number of rotatable bonds is 8. The predicted molar refractivity (Wildman–Crippen MR) is 89.0 cm³/mol. The number of benzene rings is 1. The molecule has 0 aliphatic rings. The molecule has 6 nitrogen and oxygen atoms in total. The molecule has 7 heteroatoms. The Labute approximate surface area is 136 Å². The lowest BCUT2D eigenvalue weighted by Gasteiger charge is -2.18. The minimum absolute atomic E-state index is 0.195. The number of amides is 2. The van der Waals surface area contributed by atoms with Gasteiger partial charge in [-0.2, -0.15) is 0 Å². The lowest BCUT2D eigenvalue weighted by Crippen LogP contribution is -2.46. The fourth-order valence-electron chi connectivity index (χ4n) is 1.99. The van der Waals surface area contributed by atoms with Gasteiger partial charge in [0.05, 0.1) is 5.94 Å². The van der Waals surface area contributed by atoms with Gasteiger partial charge in [0.15, 0.2) is 0 Å². The first kappa shape index (κ1) is 18.9. The molecule has 124 valence electrons. The number of carbonyl (C=O) groups is 2. The van der Waals surface area contributed by atoms with Crippen LogP contribution in [0.5, 0.6) is 0 Å². The van der Waals surface area contributed by atoms with Crippen LogP contribution >= 0.6 is 0 Å². The summed E-state index contributed by atoms with van der Waals surface area (Å²) in [7, 11) is -1.64. The molecule has 0 heterocycles. The lowest BCUT2D eigenvalue weighted by atomic mass is 9.75. The first-order chi connectivity index (χ1) is 10.9. The number of carbonyl (C=O) groups excluding carboxylic acids is 2. The molecule has 23 heavy (non-hydrogen) atoms. The van der Waals surface area contributed by atoms with Crippen LogP contribution in [0.3, 0.4) is 0 Å². The van der Waals surface area contributed by atoms with E-state index in [2.05, 4.69) is 10.6 Å². The molecule has 1 aromatic carbocycles. The summed E-state index contributed by atoms with van der Waals surface area (Å²) in [6.07, 6.45) is 2.63. The molecule has 0 aliphatic carbocycles. The molecular weight excluding hydrogens is 295 g/mol. The molecule has 0 saturated carbocycles. The van der Waals surface area contributed by atoms with E-state index >= 15 is 0 Å². The van der Waals surface area contributed by atoms with E-state index in [-0.39, 0.29) is 5.92 Å². The SMILES string of the molecule is CC(C)C[C@H](NC(=O)/C=C/C(=O)NCc1ccccc1)B(O)O. The minimum Gasteiger partial charge on any atom is -0.426 e. The molecule has 0 bridgehead atoms. The van der Waals surface area contributed by atoms with Crippen LogP contribution in [-0.2, 0) is 16.1 Å². The van der Waals surface area contributed by atoms with Crippen molar-refractivity contribution >= 4 is 18.9 Å². The molecule has 0 aromatic heterocycles. The summed E-state index contributed by atoms with van der Waals surface area (Å²) in [5.41, 5.74) is 0.958. The van der Waals surface area contributed by atoms with Crippen LogP contribution < -0.4 is 10.6 Å². The van der Waals surface area contributed by atoms with Crippen molar-refractivity contribution in [2.24, 2.45) is 5.92 Å². The molecule has 2 amide bonds. The predicted octanol–water partition coefficient (Wildman–Crippen LogP) is 0.402. The van der Waals surface area contributed by atoms with Crippen molar-refractivity contribution in [2.75, 3.05) is 0 Å². The van der Waals surface area contributed by atoms with E-state index in [1.807, 2.05) is 44.2 Å². The van der Waals surface area contributed by atoms with Crippen LogP contribution in [0.1, 0.15) is 25.8 Å². The van der Waals surface area contributed by atoms with E-state index < -0.39 is 24.9 Å². The zero-order valence-electron chi connectivity index (χ0n) is 13.4. The highest BCUT2D eigenvalue weighted by Gasteiger charge is 2.25. The Morgan fingerprint density at radius 3 is 2.30 bits per heavy atom. The average Bonchev–Trinajstić information content (AvgIpc) is 2.50. The fraction of sp³-hybridized carbons (Fsp3) is 0.375. The summed E-state index contributed by atoms with van der Waals surface area (Å²) < 4.78 is 0. The molecule has 0 radical (unpaired) electrons. The highest BCUT2D eigenvalue weighted by Crippen LogP contribution is 2.05. The van der Waals surface area contributed by atoms with Crippen LogP contribution in [0.2, 0.25) is 0 Å². The number of hydrogen-bond donors (Lipinski definition) is 4. The summed E-state index contributed by atoms with van der Waals surface area (Å²) in [5, 5.41) is 23.6. The van der Waals surface area contributed by atoms with E-state index in [9.17, 15) is 19.6 Å². The maximum Gasteiger partial charge on any atom is 0.475 e. The molecule has 0 unspecified atom stereocenters. The second kappa shape index (κ2) is 9.81. The number of nitrogens with one attached hydrogen (secondary N) is 2. The van der Waals surface area contributed by atoms with Crippen molar-refractivity contribution in [3.05, 3.63) is 48.0 Å². The maximum atomic E-state index is 11.7. The van der Waals surface area contributed by atoms with E-state index in [0.29, 0.717) is 13.0 Å². The summed E-state index contributed by atoms with van der Waals surface area (Å²) in [6.45, 7) is 4.19. The Bertz CT molecular complexity index is 532. The molecule has 1 atom stereocenters. The lowest BCUT2D eigenvalue weighted by molar-refractivity contribution is -0.119. The van der Waals surface area contributed by atoms with Crippen LogP contribution in [0.4, 0.5) is 0 Å². The van der Waals surface area contributed by atoms with Gasteiger partial charge in [0, 0.05) is 18.7 Å². The molecule has 1 aromatic rings. The summed E-state index contributed by atoms with van der Waals surface area (Å²) in [6, 6.07) is 9.41. The van der Waals surface area contributed by atoms with Crippen molar-refractivity contribution in [2.45, 2.75) is 32.8 Å². The van der Waals surface area contributed by atoms with E-state index in [4.69, 9.17) is 0 Å². The highest BCUT2D eigenvalue weighted by molar-refractivity contribution is 6.43. The van der Waals surface area contributed by atoms with Gasteiger partial charge in [-0.15, -0.1) is 0 Å². The largest absolute Gasteiger partial charge is 0.475 e. The smallest absolute Gasteiger partial charge is 0.426 e. The quantitative estimate of drug-likeness (QED) is 0.412. The highest BCUT2D eigenvalue weighted by atomic mass is 16.4. The van der Waals surface area contributed by atoms with Crippen LogP contribution in [0.25, 0.3) is 0 Å².